The number of benzene rings is 1. The molecule has 0 spiro atoms. The van der Waals surface area contributed by atoms with E-state index < -0.39 is 5.91 Å². The Balaban J connectivity index is 2.33. The molecule has 1 aromatic rings. The summed E-state index contributed by atoms with van der Waals surface area (Å²) in [5.41, 5.74) is 4.34. The molecule has 0 atom stereocenters. The average molecular weight is 210 g/mol. The number of carbonyl (C=O) groups is 1. The van der Waals surface area contributed by atoms with Crippen molar-refractivity contribution in [1.82, 2.24) is 9.79 Å². The summed E-state index contributed by atoms with van der Waals surface area (Å²) < 4.78 is 1.87. The smallest absolute Gasteiger partial charge is 0.274 e. The van der Waals surface area contributed by atoms with Gasteiger partial charge in [0, 0.05) is 18.7 Å². The number of nitrogens with zero attached hydrogens (tertiary/aromatic N) is 1. The Morgan fingerprint density at radius 3 is 2.86 bits per heavy atom. The first-order valence-electron chi connectivity index (χ1n) is 4.21. The van der Waals surface area contributed by atoms with Gasteiger partial charge in [0.1, 0.15) is 0 Å². The number of hydroxylamine groups is 1. The molecule has 1 amide bonds. The predicted molar refractivity (Wildman–Crippen MR) is 53.9 cm³/mol. The molecule has 1 aromatic carbocycles. The molecular formula is C9H10N2O2S. The van der Waals surface area contributed by atoms with E-state index in [2.05, 4.69) is 12.8 Å². The Hall–Kier alpha value is -1.04. The van der Waals surface area contributed by atoms with E-state index in [1.807, 2.05) is 10.4 Å². The van der Waals surface area contributed by atoms with Crippen LogP contribution in [0.25, 0.3) is 0 Å². The van der Waals surface area contributed by atoms with Crippen molar-refractivity contribution in [2.24, 2.45) is 0 Å². The molecule has 0 aromatic heterocycles. The lowest BCUT2D eigenvalue weighted by Crippen LogP contribution is -2.18. The highest BCUT2D eigenvalue weighted by molar-refractivity contribution is 7.77. The van der Waals surface area contributed by atoms with Crippen LogP contribution in [-0.4, -0.2) is 15.4 Å². The number of nitrogens with one attached hydrogen (secondary N) is 1. The fraction of sp³-hybridized carbons (Fsp3) is 0.222. The van der Waals surface area contributed by atoms with E-state index in [1.54, 1.807) is 17.6 Å². The molecule has 0 saturated carbocycles. The summed E-state index contributed by atoms with van der Waals surface area (Å²) in [6.07, 6.45) is 0. The molecule has 1 aliphatic rings. The van der Waals surface area contributed by atoms with Gasteiger partial charge in [0.15, 0.2) is 0 Å². The van der Waals surface area contributed by atoms with E-state index in [-0.39, 0.29) is 0 Å². The Morgan fingerprint density at radius 2 is 2.14 bits per heavy atom. The number of rotatable bonds is 1. The summed E-state index contributed by atoms with van der Waals surface area (Å²) in [5, 5.41) is 8.46. The molecule has 5 heteroatoms. The van der Waals surface area contributed by atoms with E-state index in [1.165, 1.54) is 5.56 Å². The lowest BCUT2D eigenvalue weighted by Gasteiger charge is -2.01. The minimum absolute atomic E-state index is 0.467. The molecule has 0 aliphatic carbocycles. The van der Waals surface area contributed by atoms with Gasteiger partial charge in [-0.3, -0.25) is 10.0 Å². The van der Waals surface area contributed by atoms with E-state index in [9.17, 15) is 4.79 Å². The van der Waals surface area contributed by atoms with E-state index in [0.29, 0.717) is 5.56 Å². The molecule has 74 valence electrons. The summed E-state index contributed by atoms with van der Waals surface area (Å²) in [6, 6.07) is 5.35. The SMILES string of the molecule is O=C(NO)c1ccc2c(c1)CN(S)C2. The van der Waals surface area contributed by atoms with Gasteiger partial charge in [-0.05, 0) is 23.3 Å². The number of hydrogen-bond acceptors (Lipinski definition) is 4. The minimum atomic E-state index is -0.481. The second kappa shape index (κ2) is 3.61. The predicted octanol–water partition coefficient (Wildman–Crippen LogP) is 0.966. The molecule has 1 aliphatic heterocycles. The molecular weight excluding hydrogens is 200 g/mol. The summed E-state index contributed by atoms with van der Waals surface area (Å²) >= 11 is 4.23. The molecule has 0 bridgehead atoms. The van der Waals surface area contributed by atoms with E-state index >= 15 is 0 Å². The van der Waals surface area contributed by atoms with Crippen LogP contribution in [0.5, 0.6) is 0 Å². The third-order valence-corrected chi connectivity index (χ3v) is 2.56. The van der Waals surface area contributed by atoms with Gasteiger partial charge in [-0.2, -0.15) is 0 Å². The fourth-order valence-corrected chi connectivity index (χ4v) is 1.89. The average Bonchev–Trinajstić information content (AvgIpc) is 2.55. The van der Waals surface area contributed by atoms with Gasteiger partial charge in [-0.1, -0.05) is 18.9 Å². The van der Waals surface area contributed by atoms with Crippen LogP contribution in [0, 0.1) is 0 Å². The lowest BCUT2D eigenvalue weighted by molar-refractivity contribution is 0.0706. The first-order valence-corrected chi connectivity index (χ1v) is 4.61. The number of thiol groups is 1. The van der Waals surface area contributed by atoms with Crippen LogP contribution in [0.3, 0.4) is 0 Å². The maximum atomic E-state index is 11.1. The van der Waals surface area contributed by atoms with Gasteiger partial charge in [0.2, 0.25) is 0 Å². The molecule has 4 nitrogen and oxygen atoms in total. The Kier molecular flexibility index (Phi) is 2.45. The molecule has 0 radical (unpaired) electrons. The Bertz CT molecular complexity index is 381. The van der Waals surface area contributed by atoms with Crippen molar-refractivity contribution in [3.05, 3.63) is 34.9 Å². The van der Waals surface area contributed by atoms with Gasteiger partial charge in [-0.15, -0.1) is 0 Å². The molecule has 2 rings (SSSR count). The summed E-state index contributed by atoms with van der Waals surface area (Å²) in [5.74, 6) is -0.481. The topological polar surface area (TPSA) is 52.6 Å². The third-order valence-electron chi connectivity index (χ3n) is 2.28. The Labute approximate surface area is 87.0 Å². The molecule has 1 heterocycles. The zero-order valence-electron chi connectivity index (χ0n) is 7.40. The molecule has 0 saturated heterocycles. The van der Waals surface area contributed by atoms with Crippen LogP contribution in [0.15, 0.2) is 18.2 Å². The van der Waals surface area contributed by atoms with Crippen molar-refractivity contribution >= 4 is 18.7 Å². The third kappa shape index (κ3) is 1.61. The number of carbonyl (C=O) groups excluding carboxylic acids is 1. The van der Waals surface area contributed by atoms with Crippen LogP contribution in [0.1, 0.15) is 21.5 Å². The highest BCUT2D eigenvalue weighted by Crippen LogP contribution is 2.24. The zero-order chi connectivity index (χ0) is 10.1. The van der Waals surface area contributed by atoms with Crippen molar-refractivity contribution in [3.63, 3.8) is 0 Å². The van der Waals surface area contributed by atoms with Crippen molar-refractivity contribution < 1.29 is 10.0 Å². The lowest BCUT2D eigenvalue weighted by atomic mass is 10.1. The maximum Gasteiger partial charge on any atom is 0.274 e. The Morgan fingerprint density at radius 1 is 1.43 bits per heavy atom. The summed E-state index contributed by atoms with van der Waals surface area (Å²) in [6.45, 7) is 1.52. The van der Waals surface area contributed by atoms with Crippen molar-refractivity contribution in [3.8, 4) is 0 Å². The maximum absolute atomic E-state index is 11.1. The van der Waals surface area contributed by atoms with E-state index in [4.69, 9.17) is 5.21 Å². The minimum Gasteiger partial charge on any atom is -0.288 e. The molecule has 2 N–H and O–H groups in total. The van der Waals surface area contributed by atoms with Gasteiger partial charge < -0.3 is 0 Å². The second-order valence-electron chi connectivity index (χ2n) is 3.25. The normalized spacial score (nSPS) is 15.3. The van der Waals surface area contributed by atoms with Crippen LogP contribution >= 0.6 is 12.8 Å². The number of fused-ring (bicyclic) bond motifs is 1. The van der Waals surface area contributed by atoms with Gasteiger partial charge in [0.25, 0.3) is 5.91 Å². The second-order valence-corrected chi connectivity index (χ2v) is 3.81. The van der Waals surface area contributed by atoms with Crippen molar-refractivity contribution in [1.29, 1.82) is 0 Å². The summed E-state index contributed by atoms with van der Waals surface area (Å²) in [7, 11) is 0. The number of amides is 1. The number of hydrogen-bond donors (Lipinski definition) is 3. The first kappa shape index (κ1) is 9.51. The molecule has 0 unspecified atom stereocenters. The van der Waals surface area contributed by atoms with Gasteiger partial charge >= 0.3 is 0 Å². The van der Waals surface area contributed by atoms with Crippen molar-refractivity contribution in [2.75, 3.05) is 0 Å². The first-order chi connectivity index (χ1) is 6.70. The zero-order valence-corrected chi connectivity index (χ0v) is 8.29. The molecule has 0 fully saturated rings. The fourth-order valence-electron chi connectivity index (χ4n) is 1.58. The summed E-state index contributed by atoms with van der Waals surface area (Å²) in [4.78, 5) is 11.1. The van der Waals surface area contributed by atoms with Crippen LogP contribution in [0.4, 0.5) is 0 Å². The van der Waals surface area contributed by atoms with E-state index in [0.717, 1.165) is 18.7 Å². The molecule has 14 heavy (non-hydrogen) atoms. The van der Waals surface area contributed by atoms with Crippen LogP contribution in [0.2, 0.25) is 0 Å². The standard InChI is InChI=1S/C9H10N2O2S/c12-9(10-13)6-1-2-7-4-11(14)5-8(7)3-6/h1-3,13-14H,4-5H2,(H,10,12). The largest absolute Gasteiger partial charge is 0.288 e. The van der Waals surface area contributed by atoms with Crippen LogP contribution in [-0.2, 0) is 13.1 Å². The highest BCUT2D eigenvalue weighted by atomic mass is 32.1. The highest BCUT2D eigenvalue weighted by Gasteiger charge is 2.17. The monoisotopic (exact) mass is 210 g/mol. The van der Waals surface area contributed by atoms with Crippen LogP contribution < -0.4 is 5.48 Å². The van der Waals surface area contributed by atoms with Gasteiger partial charge in [-0.25, -0.2) is 9.79 Å². The van der Waals surface area contributed by atoms with Gasteiger partial charge in [0.05, 0.1) is 0 Å². The van der Waals surface area contributed by atoms with Crippen molar-refractivity contribution in [2.45, 2.75) is 13.1 Å². The quantitative estimate of drug-likeness (QED) is 0.368.